The minimum absolute atomic E-state index is 0.131. The van der Waals surface area contributed by atoms with Crippen LogP contribution >= 0.6 is 0 Å². The summed E-state index contributed by atoms with van der Waals surface area (Å²) >= 11 is 0. The molecular formula is C22H32N6O. The molecule has 1 N–H and O–H groups in total. The third kappa shape index (κ3) is 4.83. The summed E-state index contributed by atoms with van der Waals surface area (Å²) in [6.07, 6.45) is 9.54. The average Bonchev–Trinajstić information content (AvgIpc) is 3.19. The number of amides is 1. The Hall–Kier alpha value is -2.70. The molecular weight excluding hydrogens is 364 g/mol. The SMILES string of the molecule is C=C/C(=C\C=C(/CC)C(=O)N1CCC2(CC1)CC2CNC(=C)C)c1nnn(C)n1. The fraction of sp³-hybridized carbons (Fsp3) is 0.545. The number of rotatable bonds is 8. The summed E-state index contributed by atoms with van der Waals surface area (Å²) in [5.41, 5.74) is 3.00. The number of nitrogens with one attached hydrogen (secondary N) is 1. The van der Waals surface area contributed by atoms with Crippen molar-refractivity contribution in [3.05, 3.63) is 48.5 Å². The molecule has 1 amide bonds. The number of likely N-dealkylation sites (tertiary alicyclic amines) is 1. The summed E-state index contributed by atoms with van der Waals surface area (Å²) in [7, 11) is 1.72. The first kappa shape index (κ1) is 21.0. The van der Waals surface area contributed by atoms with Gasteiger partial charge in [0, 0.05) is 36.5 Å². The third-order valence-corrected chi connectivity index (χ3v) is 6.16. The molecule has 1 aliphatic heterocycles. The highest BCUT2D eigenvalue weighted by Gasteiger charge is 2.54. The van der Waals surface area contributed by atoms with Crippen LogP contribution in [-0.2, 0) is 11.8 Å². The lowest BCUT2D eigenvalue weighted by molar-refractivity contribution is -0.128. The Bertz CT molecular complexity index is 841. The fourth-order valence-corrected chi connectivity index (χ4v) is 4.15. The van der Waals surface area contributed by atoms with Crippen LogP contribution in [0.15, 0.2) is 42.7 Å². The predicted octanol–water partition coefficient (Wildman–Crippen LogP) is 2.87. The largest absolute Gasteiger partial charge is 0.389 e. The molecule has 1 aromatic heterocycles. The summed E-state index contributed by atoms with van der Waals surface area (Å²) in [5.74, 6) is 1.35. The Balaban J connectivity index is 1.60. The fourth-order valence-electron chi connectivity index (χ4n) is 4.15. The Labute approximate surface area is 173 Å². The number of tetrazole rings is 1. The predicted molar refractivity (Wildman–Crippen MR) is 115 cm³/mol. The van der Waals surface area contributed by atoms with Gasteiger partial charge in [-0.25, -0.2) is 0 Å². The van der Waals surface area contributed by atoms with E-state index in [-0.39, 0.29) is 5.91 Å². The maximum absolute atomic E-state index is 13.0. The van der Waals surface area contributed by atoms with Gasteiger partial charge in [-0.15, -0.1) is 10.2 Å². The minimum atomic E-state index is 0.131. The second kappa shape index (κ2) is 8.76. The molecule has 0 bridgehead atoms. The molecule has 1 aromatic rings. The second-order valence-electron chi connectivity index (χ2n) is 8.19. The number of carbonyl (C=O) groups excluding carboxylic acids is 1. The highest BCUT2D eigenvalue weighted by molar-refractivity contribution is 5.94. The first-order valence-corrected chi connectivity index (χ1v) is 10.3. The standard InChI is InChI=1S/C22H32N6O/c1-6-17(20-24-26-27(5)25-20)8-9-18(7-2)21(29)28-12-10-22(11-13-28)14-19(22)15-23-16(3)4/h6,8-9,19,23H,1,3,7,10-15H2,2,4-5H3/b17-8+,18-9+. The molecule has 1 atom stereocenters. The number of allylic oxidation sites excluding steroid dienone is 5. The minimum Gasteiger partial charge on any atom is -0.389 e. The Morgan fingerprint density at radius 3 is 2.62 bits per heavy atom. The van der Waals surface area contributed by atoms with Gasteiger partial charge < -0.3 is 10.2 Å². The lowest BCUT2D eigenvalue weighted by Gasteiger charge is -2.33. The van der Waals surface area contributed by atoms with Crippen LogP contribution in [0.1, 0.15) is 45.4 Å². The summed E-state index contributed by atoms with van der Waals surface area (Å²) in [6, 6.07) is 0. The van der Waals surface area contributed by atoms with Gasteiger partial charge in [0.1, 0.15) is 0 Å². The normalized spacial score (nSPS) is 21.2. The Kier molecular flexibility index (Phi) is 6.35. The lowest BCUT2D eigenvalue weighted by Crippen LogP contribution is -2.40. The van der Waals surface area contributed by atoms with Crippen molar-refractivity contribution in [3.63, 3.8) is 0 Å². The molecule has 29 heavy (non-hydrogen) atoms. The van der Waals surface area contributed by atoms with Crippen LogP contribution in [0.4, 0.5) is 0 Å². The van der Waals surface area contributed by atoms with Gasteiger partial charge in [-0.3, -0.25) is 4.79 Å². The molecule has 7 nitrogen and oxygen atoms in total. The first-order valence-electron chi connectivity index (χ1n) is 10.3. The highest BCUT2D eigenvalue weighted by atomic mass is 16.2. The average molecular weight is 397 g/mol. The zero-order valence-electron chi connectivity index (χ0n) is 17.8. The van der Waals surface area contributed by atoms with Gasteiger partial charge in [0.15, 0.2) is 0 Å². The van der Waals surface area contributed by atoms with Crippen LogP contribution in [0.5, 0.6) is 0 Å². The van der Waals surface area contributed by atoms with Crippen LogP contribution in [-0.4, -0.2) is 50.6 Å². The van der Waals surface area contributed by atoms with Crippen molar-refractivity contribution in [2.45, 2.75) is 39.5 Å². The van der Waals surface area contributed by atoms with Gasteiger partial charge in [-0.2, -0.15) is 4.80 Å². The van der Waals surface area contributed by atoms with Crippen LogP contribution in [0.25, 0.3) is 5.57 Å². The number of piperidine rings is 1. The Morgan fingerprint density at radius 2 is 2.07 bits per heavy atom. The van der Waals surface area contributed by atoms with Gasteiger partial charge >= 0.3 is 0 Å². The maximum atomic E-state index is 13.0. The van der Waals surface area contributed by atoms with Crippen LogP contribution in [0.3, 0.4) is 0 Å². The molecule has 7 heteroatoms. The van der Waals surface area contributed by atoms with Gasteiger partial charge in [0.05, 0.1) is 7.05 Å². The number of carbonyl (C=O) groups is 1. The van der Waals surface area contributed by atoms with E-state index in [9.17, 15) is 4.79 Å². The molecule has 1 spiro atoms. The van der Waals surface area contributed by atoms with Crippen LogP contribution in [0.2, 0.25) is 0 Å². The van der Waals surface area contributed by atoms with Crippen molar-refractivity contribution >= 4 is 11.5 Å². The number of nitrogens with zero attached hydrogens (tertiary/aromatic N) is 5. The van der Waals surface area contributed by atoms with Gasteiger partial charge in [0.2, 0.25) is 11.7 Å². The summed E-state index contributed by atoms with van der Waals surface area (Å²) in [6.45, 7) is 14.4. The molecule has 1 saturated heterocycles. The van der Waals surface area contributed by atoms with Gasteiger partial charge in [0.25, 0.3) is 0 Å². The topological polar surface area (TPSA) is 75.9 Å². The monoisotopic (exact) mass is 396 g/mol. The molecule has 1 aliphatic carbocycles. The van der Waals surface area contributed by atoms with E-state index in [0.29, 0.717) is 17.7 Å². The number of hydrogen-bond acceptors (Lipinski definition) is 5. The van der Waals surface area contributed by atoms with E-state index < -0.39 is 0 Å². The van der Waals surface area contributed by atoms with E-state index in [1.807, 2.05) is 30.9 Å². The summed E-state index contributed by atoms with van der Waals surface area (Å²) in [5, 5.41) is 15.4. The maximum Gasteiger partial charge on any atom is 0.249 e. The molecule has 2 aliphatic rings. The van der Waals surface area contributed by atoms with Crippen molar-refractivity contribution in [1.82, 2.24) is 30.4 Å². The van der Waals surface area contributed by atoms with Crippen LogP contribution in [0, 0.1) is 11.3 Å². The molecule has 0 radical (unpaired) electrons. The number of aryl methyl sites for hydroxylation is 1. The zero-order chi connectivity index (χ0) is 21.0. The molecule has 0 aromatic carbocycles. The summed E-state index contributed by atoms with van der Waals surface area (Å²) < 4.78 is 0. The van der Waals surface area contributed by atoms with E-state index in [2.05, 4.69) is 33.9 Å². The molecule has 2 fully saturated rings. The van der Waals surface area contributed by atoms with E-state index in [0.717, 1.165) is 55.2 Å². The Morgan fingerprint density at radius 1 is 1.34 bits per heavy atom. The van der Waals surface area contributed by atoms with E-state index in [1.165, 1.54) is 11.2 Å². The van der Waals surface area contributed by atoms with Crippen molar-refractivity contribution in [1.29, 1.82) is 0 Å². The molecule has 2 heterocycles. The van der Waals surface area contributed by atoms with E-state index in [1.54, 1.807) is 13.1 Å². The van der Waals surface area contributed by atoms with Gasteiger partial charge in [-0.1, -0.05) is 38.3 Å². The highest BCUT2D eigenvalue weighted by Crippen LogP contribution is 2.59. The summed E-state index contributed by atoms with van der Waals surface area (Å²) in [4.78, 5) is 16.4. The number of aromatic nitrogens is 4. The quantitative estimate of drug-likeness (QED) is 0.540. The van der Waals surface area contributed by atoms with E-state index >= 15 is 0 Å². The molecule has 1 unspecified atom stereocenters. The van der Waals surface area contributed by atoms with Crippen molar-refractivity contribution in [2.24, 2.45) is 18.4 Å². The van der Waals surface area contributed by atoms with Crippen molar-refractivity contribution in [2.75, 3.05) is 19.6 Å². The second-order valence-corrected chi connectivity index (χ2v) is 8.19. The lowest BCUT2D eigenvalue weighted by atomic mass is 9.90. The van der Waals surface area contributed by atoms with Crippen molar-refractivity contribution < 1.29 is 4.79 Å². The molecule has 1 saturated carbocycles. The molecule has 156 valence electrons. The zero-order valence-corrected chi connectivity index (χ0v) is 17.8. The molecule has 3 rings (SSSR count). The third-order valence-electron chi connectivity index (χ3n) is 6.16. The van der Waals surface area contributed by atoms with Crippen molar-refractivity contribution in [3.8, 4) is 0 Å². The van der Waals surface area contributed by atoms with Crippen LogP contribution < -0.4 is 5.32 Å². The smallest absolute Gasteiger partial charge is 0.249 e. The first-order chi connectivity index (χ1) is 13.9. The van der Waals surface area contributed by atoms with Gasteiger partial charge in [-0.05, 0) is 49.2 Å². The van der Waals surface area contributed by atoms with E-state index in [4.69, 9.17) is 0 Å². The number of hydrogen-bond donors (Lipinski definition) is 1.